The molecule has 0 heterocycles. The van der Waals surface area contributed by atoms with Crippen LogP contribution in [0.5, 0.6) is 0 Å². The van der Waals surface area contributed by atoms with Gasteiger partial charge in [-0.25, -0.2) is 0 Å². The Hall–Kier alpha value is -1.78. The van der Waals surface area contributed by atoms with Crippen LogP contribution in [0.1, 0.15) is 23.7 Å². The molecule has 0 fully saturated rings. The van der Waals surface area contributed by atoms with Gasteiger partial charge in [0.1, 0.15) is 6.10 Å². The van der Waals surface area contributed by atoms with E-state index >= 15 is 0 Å². The monoisotopic (exact) mass is 260 g/mol. The highest BCUT2D eigenvalue weighted by molar-refractivity contribution is 5.50. The molecule has 0 aromatic heterocycles. The molecule has 7 heteroatoms. The molecular weight excluding hydrogens is 249 g/mol. The van der Waals surface area contributed by atoms with Crippen molar-refractivity contribution < 1.29 is 23.4 Å². The van der Waals surface area contributed by atoms with Gasteiger partial charge >= 0.3 is 6.18 Å². The number of nitrogens with zero attached hydrogens (tertiary/aromatic N) is 1. The lowest BCUT2D eigenvalue weighted by Gasteiger charge is -2.18. The van der Waals surface area contributed by atoms with Crippen molar-refractivity contribution >= 4 is 5.69 Å². The third kappa shape index (κ3) is 3.12. The fourth-order valence-corrected chi connectivity index (χ4v) is 1.43. The average molecular weight is 260 g/mol. The number of rotatable bonds is 3. The maximum atomic E-state index is 12.6. The highest BCUT2D eigenvalue weighted by atomic mass is 19.4. The molecule has 1 rings (SSSR count). The van der Waals surface area contributed by atoms with Crippen LogP contribution in [0.4, 0.5) is 18.9 Å². The Labute approximate surface area is 101 Å². The Kier molecular flexibility index (Phi) is 4.16. The van der Waals surface area contributed by atoms with Crippen LogP contribution in [-0.2, 0) is 6.18 Å². The van der Waals surface area contributed by atoms with E-state index in [1.54, 1.807) is 6.07 Å². The summed E-state index contributed by atoms with van der Waals surface area (Å²) in [5, 5.41) is 27.3. The van der Waals surface area contributed by atoms with E-state index < -0.39 is 29.6 Å². The van der Waals surface area contributed by atoms with E-state index in [0.717, 1.165) is 6.07 Å². The summed E-state index contributed by atoms with van der Waals surface area (Å²) in [4.78, 5) is 0. The molecule has 0 aliphatic rings. The summed E-state index contributed by atoms with van der Waals surface area (Å²) in [7, 11) is 0. The Morgan fingerprint density at radius 1 is 1.33 bits per heavy atom. The standard InChI is InChI=1S/C11H11F3N2O2/c12-11(13,14)7-5-6(1-2-8(7)16)10(18)9(17)3-4-15/h1-2,5,9-10,17-18H,3,16H2. The van der Waals surface area contributed by atoms with Crippen LogP contribution in [0.3, 0.4) is 0 Å². The lowest BCUT2D eigenvalue weighted by Crippen LogP contribution is -2.18. The van der Waals surface area contributed by atoms with E-state index in [0.29, 0.717) is 6.07 Å². The van der Waals surface area contributed by atoms with Crippen LogP contribution in [-0.4, -0.2) is 16.3 Å². The fraction of sp³-hybridized carbons (Fsp3) is 0.364. The van der Waals surface area contributed by atoms with E-state index in [2.05, 4.69) is 0 Å². The van der Waals surface area contributed by atoms with Gasteiger partial charge in [0, 0.05) is 5.69 Å². The Balaban J connectivity index is 3.10. The SMILES string of the molecule is N#CCC(O)C(O)c1ccc(N)c(C(F)(F)F)c1. The maximum absolute atomic E-state index is 12.6. The minimum absolute atomic E-state index is 0.140. The van der Waals surface area contributed by atoms with Crippen molar-refractivity contribution in [1.29, 1.82) is 5.26 Å². The zero-order chi connectivity index (χ0) is 13.9. The first-order valence-electron chi connectivity index (χ1n) is 4.97. The second-order valence-electron chi connectivity index (χ2n) is 3.72. The van der Waals surface area contributed by atoms with Gasteiger partial charge in [-0.3, -0.25) is 0 Å². The second kappa shape index (κ2) is 5.25. The number of aliphatic hydroxyl groups is 2. The summed E-state index contributed by atoms with van der Waals surface area (Å²) < 4.78 is 37.7. The molecule has 4 N–H and O–H groups in total. The number of anilines is 1. The van der Waals surface area contributed by atoms with Crippen LogP contribution < -0.4 is 5.73 Å². The Bertz CT molecular complexity index is 468. The number of alkyl halides is 3. The van der Waals surface area contributed by atoms with Gasteiger partial charge in [-0.05, 0) is 17.7 Å². The topological polar surface area (TPSA) is 90.3 Å². The van der Waals surface area contributed by atoms with Crippen LogP contribution in [0.25, 0.3) is 0 Å². The average Bonchev–Trinajstić information content (AvgIpc) is 2.27. The first-order chi connectivity index (χ1) is 8.27. The molecule has 0 saturated carbocycles. The molecule has 98 valence electrons. The molecule has 4 nitrogen and oxygen atoms in total. The van der Waals surface area contributed by atoms with E-state index in [-0.39, 0.29) is 12.0 Å². The van der Waals surface area contributed by atoms with Gasteiger partial charge in [0.05, 0.1) is 24.2 Å². The third-order valence-corrected chi connectivity index (χ3v) is 2.39. The lowest BCUT2D eigenvalue weighted by molar-refractivity contribution is -0.137. The van der Waals surface area contributed by atoms with E-state index in [9.17, 15) is 23.4 Å². The number of hydrogen-bond acceptors (Lipinski definition) is 4. The smallest absolute Gasteiger partial charge is 0.398 e. The summed E-state index contributed by atoms with van der Waals surface area (Å²) in [5.74, 6) is 0. The van der Waals surface area contributed by atoms with Crippen molar-refractivity contribution in [2.45, 2.75) is 24.8 Å². The zero-order valence-electron chi connectivity index (χ0n) is 9.15. The molecule has 0 aliphatic heterocycles. The Morgan fingerprint density at radius 3 is 2.44 bits per heavy atom. The Morgan fingerprint density at radius 2 is 1.94 bits per heavy atom. The van der Waals surface area contributed by atoms with E-state index in [4.69, 9.17) is 11.0 Å². The van der Waals surface area contributed by atoms with Gasteiger partial charge in [0.25, 0.3) is 0 Å². The molecule has 0 spiro atoms. The molecule has 0 amide bonds. The zero-order valence-corrected chi connectivity index (χ0v) is 9.15. The quantitative estimate of drug-likeness (QED) is 0.720. The number of hydrogen-bond donors (Lipinski definition) is 3. The number of benzene rings is 1. The summed E-state index contributed by atoms with van der Waals surface area (Å²) in [6.07, 6.45) is -8.03. The third-order valence-electron chi connectivity index (χ3n) is 2.39. The largest absolute Gasteiger partial charge is 0.418 e. The maximum Gasteiger partial charge on any atom is 0.418 e. The van der Waals surface area contributed by atoms with Crippen LogP contribution in [0.15, 0.2) is 18.2 Å². The lowest BCUT2D eigenvalue weighted by atomic mass is 9.99. The van der Waals surface area contributed by atoms with Gasteiger partial charge in [-0.1, -0.05) is 6.07 Å². The predicted octanol–water partition coefficient (Wildman–Crippen LogP) is 1.60. The van der Waals surface area contributed by atoms with Crippen LogP contribution in [0.2, 0.25) is 0 Å². The van der Waals surface area contributed by atoms with Crippen LogP contribution >= 0.6 is 0 Å². The normalized spacial score (nSPS) is 14.9. The minimum Gasteiger partial charge on any atom is -0.398 e. The fourth-order valence-electron chi connectivity index (χ4n) is 1.43. The van der Waals surface area contributed by atoms with E-state index in [1.165, 1.54) is 6.07 Å². The van der Waals surface area contributed by atoms with Crippen molar-refractivity contribution in [3.05, 3.63) is 29.3 Å². The van der Waals surface area contributed by atoms with Crippen molar-refractivity contribution in [2.24, 2.45) is 0 Å². The van der Waals surface area contributed by atoms with Crippen LogP contribution in [0, 0.1) is 11.3 Å². The molecule has 0 bridgehead atoms. The minimum atomic E-state index is -4.64. The number of nitriles is 1. The molecule has 2 atom stereocenters. The summed E-state index contributed by atoms with van der Waals surface area (Å²) in [6.45, 7) is 0. The highest BCUT2D eigenvalue weighted by Gasteiger charge is 2.34. The number of aliphatic hydroxyl groups excluding tert-OH is 2. The molecule has 0 radical (unpaired) electrons. The predicted molar refractivity (Wildman–Crippen MR) is 57.1 cm³/mol. The number of nitrogen functional groups attached to an aromatic ring is 1. The number of halogens is 3. The molecule has 1 aromatic carbocycles. The van der Waals surface area contributed by atoms with Gasteiger partial charge < -0.3 is 15.9 Å². The first-order valence-corrected chi connectivity index (χ1v) is 4.97. The molecular formula is C11H11F3N2O2. The van der Waals surface area contributed by atoms with Gasteiger partial charge in [0.15, 0.2) is 0 Å². The molecule has 18 heavy (non-hydrogen) atoms. The molecule has 2 unspecified atom stereocenters. The summed E-state index contributed by atoms with van der Waals surface area (Å²) in [5.41, 5.74) is 3.51. The van der Waals surface area contributed by atoms with Crippen molar-refractivity contribution in [1.82, 2.24) is 0 Å². The van der Waals surface area contributed by atoms with Gasteiger partial charge in [-0.15, -0.1) is 0 Å². The van der Waals surface area contributed by atoms with Crippen molar-refractivity contribution in [2.75, 3.05) is 5.73 Å². The molecule has 0 aliphatic carbocycles. The van der Waals surface area contributed by atoms with Gasteiger partial charge in [-0.2, -0.15) is 18.4 Å². The summed E-state index contributed by atoms with van der Waals surface area (Å²) >= 11 is 0. The molecule has 1 aromatic rings. The van der Waals surface area contributed by atoms with Crippen molar-refractivity contribution in [3.8, 4) is 6.07 Å². The first kappa shape index (κ1) is 14.3. The number of nitrogens with two attached hydrogens (primary N) is 1. The summed E-state index contributed by atoms with van der Waals surface area (Å²) in [6, 6.07) is 4.46. The second-order valence-corrected chi connectivity index (χ2v) is 3.72. The van der Waals surface area contributed by atoms with Crippen molar-refractivity contribution in [3.63, 3.8) is 0 Å². The highest BCUT2D eigenvalue weighted by Crippen LogP contribution is 2.35. The molecule has 0 saturated heterocycles. The van der Waals surface area contributed by atoms with Gasteiger partial charge in [0.2, 0.25) is 0 Å². The van der Waals surface area contributed by atoms with E-state index in [1.807, 2.05) is 0 Å².